The Morgan fingerprint density at radius 1 is 1.18 bits per heavy atom. The Morgan fingerprint density at radius 3 is 2.76 bits per heavy atom. The van der Waals surface area contributed by atoms with Gasteiger partial charge in [-0.2, -0.15) is 0 Å². The van der Waals surface area contributed by atoms with E-state index in [1.165, 1.54) is 0 Å². The first-order valence-corrected chi connectivity index (χ1v) is 5.30. The molecule has 1 heterocycles. The average molecular weight is 225 g/mol. The molecule has 0 saturated heterocycles. The number of para-hydroxylation sites is 1. The number of benzene rings is 2. The van der Waals surface area contributed by atoms with Crippen LogP contribution in [0.15, 0.2) is 36.4 Å². The summed E-state index contributed by atoms with van der Waals surface area (Å²) < 4.78 is 0. The smallest absolute Gasteiger partial charge is 0.150 e. The van der Waals surface area contributed by atoms with Crippen LogP contribution in [0, 0.1) is 0 Å². The molecule has 0 radical (unpaired) electrons. The number of hydrazine groups is 1. The van der Waals surface area contributed by atoms with Crippen LogP contribution >= 0.6 is 0 Å². The molecule has 84 valence electrons. The van der Waals surface area contributed by atoms with Crippen molar-refractivity contribution in [2.45, 2.75) is 0 Å². The number of carbonyl (C=O) groups is 1. The summed E-state index contributed by atoms with van der Waals surface area (Å²) in [5.41, 5.74) is 5.89. The van der Waals surface area contributed by atoms with E-state index in [-0.39, 0.29) is 0 Å². The fourth-order valence-electron chi connectivity index (χ4n) is 2.16. The maximum atomic E-state index is 10.9. The molecule has 0 aliphatic heterocycles. The fourth-order valence-corrected chi connectivity index (χ4v) is 2.16. The number of aldehydes is 1. The molecule has 0 amide bonds. The highest BCUT2D eigenvalue weighted by Gasteiger charge is 2.08. The van der Waals surface area contributed by atoms with Crippen LogP contribution in [0.4, 0.5) is 5.69 Å². The fraction of sp³-hybridized carbons (Fsp3) is 0. The molecule has 4 heteroatoms. The molecule has 0 bridgehead atoms. The number of aromatic amines is 1. The molecule has 0 saturated carbocycles. The molecule has 2 aromatic carbocycles. The molecule has 4 nitrogen and oxygen atoms in total. The first kappa shape index (κ1) is 9.86. The number of carbonyl (C=O) groups excluding carboxylic acids is 1. The zero-order valence-corrected chi connectivity index (χ0v) is 9.03. The lowest BCUT2D eigenvalue weighted by atomic mass is 10.1. The zero-order valence-electron chi connectivity index (χ0n) is 9.03. The van der Waals surface area contributed by atoms with Crippen molar-refractivity contribution < 1.29 is 4.79 Å². The van der Waals surface area contributed by atoms with Gasteiger partial charge in [-0.25, -0.2) is 0 Å². The van der Waals surface area contributed by atoms with Crippen molar-refractivity contribution in [2.24, 2.45) is 5.84 Å². The third-order valence-corrected chi connectivity index (χ3v) is 2.93. The van der Waals surface area contributed by atoms with Gasteiger partial charge >= 0.3 is 0 Å². The third-order valence-electron chi connectivity index (χ3n) is 2.93. The third kappa shape index (κ3) is 1.38. The van der Waals surface area contributed by atoms with Crippen LogP contribution in [-0.2, 0) is 0 Å². The van der Waals surface area contributed by atoms with Crippen molar-refractivity contribution >= 4 is 33.8 Å². The summed E-state index contributed by atoms with van der Waals surface area (Å²) in [6, 6.07) is 11.5. The maximum absolute atomic E-state index is 10.9. The molecule has 0 unspecified atom stereocenters. The second-order valence-electron chi connectivity index (χ2n) is 3.92. The van der Waals surface area contributed by atoms with Gasteiger partial charge in [0.2, 0.25) is 0 Å². The van der Waals surface area contributed by atoms with E-state index in [2.05, 4.69) is 10.4 Å². The Balaban J connectivity index is 2.51. The van der Waals surface area contributed by atoms with E-state index < -0.39 is 0 Å². The average Bonchev–Trinajstić information content (AvgIpc) is 2.76. The van der Waals surface area contributed by atoms with Gasteiger partial charge in [-0.1, -0.05) is 18.2 Å². The molecule has 3 rings (SSSR count). The van der Waals surface area contributed by atoms with Gasteiger partial charge in [-0.3, -0.25) is 10.6 Å². The summed E-state index contributed by atoms with van der Waals surface area (Å²) in [4.78, 5) is 14.2. The van der Waals surface area contributed by atoms with Crippen LogP contribution in [0.2, 0.25) is 0 Å². The van der Waals surface area contributed by atoms with Gasteiger partial charge in [-0.05, 0) is 18.2 Å². The number of hydrogen-bond acceptors (Lipinski definition) is 3. The molecule has 4 N–H and O–H groups in total. The van der Waals surface area contributed by atoms with Crippen LogP contribution in [0.1, 0.15) is 10.4 Å². The quantitative estimate of drug-likeness (QED) is 0.356. The molecule has 0 fully saturated rings. The number of nitrogen functional groups attached to an aromatic ring is 1. The standard InChI is InChI=1S/C13H11N3O/c14-16-12-6-8(7-17)5-10-9-3-1-2-4-11(9)15-13(10)12/h1-7,15-16H,14H2. The number of aromatic nitrogens is 1. The number of H-pyrrole nitrogens is 1. The predicted molar refractivity (Wildman–Crippen MR) is 69.0 cm³/mol. The minimum absolute atomic E-state index is 0.607. The number of nitrogens with one attached hydrogen (secondary N) is 2. The second kappa shape index (κ2) is 3.61. The van der Waals surface area contributed by atoms with E-state index in [4.69, 9.17) is 5.84 Å². The van der Waals surface area contributed by atoms with Crippen LogP contribution in [0.3, 0.4) is 0 Å². The van der Waals surface area contributed by atoms with Crippen molar-refractivity contribution in [1.82, 2.24) is 4.98 Å². The summed E-state index contributed by atoms with van der Waals surface area (Å²) in [5.74, 6) is 5.48. The molecule has 0 atom stereocenters. The second-order valence-corrected chi connectivity index (χ2v) is 3.92. The Kier molecular flexibility index (Phi) is 2.09. The van der Waals surface area contributed by atoms with Gasteiger partial charge in [0.05, 0.1) is 11.2 Å². The first-order valence-electron chi connectivity index (χ1n) is 5.30. The van der Waals surface area contributed by atoms with Crippen molar-refractivity contribution in [3.8, 4) is 0 Å². The Hall–Kier alpha value is -2.33. The van der Waals surface area contributed by atoms with E-state index in [0.29, 0.717) is 5.56 Å². The normalized spacial score (nSPS) is 10.9. The summed E-state index contributed by atoms with van der Waals surface area (Å²) >= 11 is 0. The highest BCUT2D eigenvalue weighted by atomic mass is 16.1. The largest absolute Gasteiger partial charge is 0.353 e. The van der Waals surface area contributed by atoms with Crippen molar-refractivity contribution in [1.29, 1.82) is 0 Å². The minimum atomic E-state index is 0.607. The number of hydrogen-bond donors (Lipinski definition) is 3. The van der Waals surface area contributed by atoms with Crippen molar-refractivity contribution in [3.63, 3.8) is 0 Å². The van der Waals surface area contributed by atoms with Crippen LogP contribution in [0.5, 0.6) is 0 Å². The van der Waals surface area contributed by atoms with Crippen molar-refractivity contribution in [2.75, 3.05) is 5.43 Å². The molecule has 0 spiro atoms. The van der Waals surface area contributed by atoms with Gasteiger partial charge in [-0.15, -0.1) is 0 Å². The molecule has 0 aliphatic rings. The molecule has 0 aliphatic carbocycles. The highest BCUT2D eigenvalue weighted by molar-refractivity contribution is 6.12. The van der Waals surface area contributed by atoms with Gasteiger partial charge in [0.15, 0.2) is 0 Å². The molecule has 1 aromatic heterocycles. The lowest BCUT2D eigenvalue weighted by molar-refractivity contribution is 0.112. The molecular weight excluding hydrogens is 214 g/mol. The van der Waals surface area contributed by atoms with E-state index in [1.54, 1.807) is 6.07 Å². The predicted octanol–water partition coefficient (Wildman–Crippen LogP) is 2.42. The highest BCUT2D eigenvalue weighted by Crippen LogP contribution is 2.30. The molecule has 3 aromatic rings. The molecular formula is C13H11N3O. The van der Waals surface area contributed by atoms with Crippen LogP contribution < -0.4 is 11.3 Å². The van der Waals surface area contributed by atoms with Crippen LogP contribution in [0.25, 0.3) is 21.8 Å². The monoisotopic (exact) mass is 225 g/mol. The summed E-state index contributed by atoms with van der Waals surface area (Å²) in [7, 11) is 0. The SMILES string of the molecule is NNc1cc(C=O)cc2c1[nH]c1ccccc12. The van der Waals surface area contributed by atoms with E-state index in [9.17, 15) is 4.79 Å². The lowest BCUT2D eigenvalue weighted by Crippen LogP contribution is -2.07. The van der Waals surface area contributed by atoms with Gasteiger partial charge in [0, 0.05) is 21.9 Å². The topological polar surface area (TPSA) is 70.9 Å². The van der Waals surface area contributed by atoms with E-state index in [1.807, 2.05) is 30.3 Å². The van der Waals surface area contributed by atoms with Gasteiger partial charge in [0.25, 0.3) is 0 Å². The summed E-state index contributed by atoms with van der Waals surface area (Å²) in [5, 5.41) is 2.08. The maximum Gasteiger partial charge on any atom is 0.150 e. The van der Waals surface area contributed by atoms with Gasteiger partial charge in [0.1, 0.15) is 6.29 Å². The zero-order chi connectivity index (χ0) is 11.8. The number of rotatable bonds is 2. The molecule has 17 heavy (non-hydrogen) atoms. The Labute approximate surface area is 97.4 Å². The summed E-state index contributed by atoms with van der Waals surface area (Å²) in [6.45, 7) is 0. The van der Waals surface area contributed by atoms with E-state index in [0.717, 1.165) is 33.8 Å². The van der Waals surface area contributed by atoms with Crippen molar-refractivity contribution in [3.05, 3.63) is 42.0 Å². The Morgan fingerprint density at radius 2 is 2.00 bits per heavy atom. The Bertz CT molecular complexity index is 715. The van der Waals surface area contributed by atoms with Gasteiger partial charge < -0.3 is 10.4 Å². The number of fused-ring (bicyclic) bond motifs is 3. The first-order chi connectivity index (χ1) is 8.33. The van der Waals surface area contributed by atoms with Crippen LogP contribution in [-0.4, -0.2) is 11.3 Å². The summed E-state index contributed by atoms with van der Waals surface area (Å²) in [6.07, 6.45) is 0.821. The van der Waals surface area contributed by atoms with E-state index >= 15 is 0 Å². The number of nitrogens with two attached hydrogens (primary N) is 1. The number of anilines is 1. The minimum Gasteiger partial charge on any atom is -0.353 e. The lowest BCUT2D eigenvalue weighted by Gasteiger charge is -2.02.